The van der Waals surface area contributed by atoms with Gasteiger partial charge in [-0.05, 0) is 221 Å². The van der Waals surface area contributed by atoms with Crippen LogP contribution in [0.5, 0.6) is 23.0 Å². The van der Waals surface area contributed by atoms with E-state index in [0.717, 1.165) is 71.0 Å². The number of carbonyl (C=O) groups excluding carboxylic acids is 4. The third-order valence-electron chi connectivity index (χ3n) is 18.2. The third-order valence-corrected chi connectivity index (χ3v) is 18.2. The lowest BCUT2D eigenvalue weighted by molar-refractivity contribution is -0.175. The number of methoxy groups -OCH3 is 2. The number of rotatable bonds is 20. The van der Waals surface area contributed by atoms with Gasteiger partial charge < -0.3 is 80.8 Å². The van der Waals surface area contributed by atoms with Crippen molar-refractivity contribution in [3.63, 3.8) is 0 Å². The van der Waals surface area contributed by atoms with Crippen molar-refractivity contribution in [3.05, 3.63) is 262 Å². The van der Waals surface area contributed by atoms with Gasteiger partial charge in [0.25, 0.3) is 5.91 Å². The van der Waals surface area contributed by atoms with Crippen LogP contribution in [0.2, 0.25) is 0 Å². The maximum Gasteiger partial charge on any atom is 0.399 e. The van der Waals surface area contributed by atoms with Crippen LogP contribution in [0.3, 0.4) is 0 Å². The molecular formula is C91H96F6N2O20. The van der Waals surface area contributed by atoms with Gasteiger partial charge in [-0.2, -0.15) is 26.3 Å². The summed E-state index contributed by atoms with van der Waals surface area (Å²) in [5.74, 6) is -18.7. The van der Waals surface area contributed by atoms with Gasteiger partial charge in [0.15, 0.2) is 40.8 Å². The van der Waals surface area contributed by atoms with Gasteiger partial charge in [0, 0.05) is 47.7 Å². The molecule has 4 N–H and O–H groups in total. The Hall–Kier alpha value is -12.4. The number of nitrogens with one attached hydrogen (secondary N) is 1. The Kier molecular flexibility index (Phi) is 32.6. The average molecular weight is 1650 g/mol. The number of benzene rings is 8. The van der Waals surface area contributed by atoms with Gasteiger partial charge in [-0.25, -0.2) is 14.4 Å². The van der Waals surface area contributed by atoms with E-state index in [-0.39, 0.29) is 50.4 Å². The highest BCUT2D eigenvalue weighted by molar-refractivity contribution is 6.40. The Bertz CT molecular complexity index is 5500. The number of aromatic hydroxyl groups is 1. The lowest BCUT2D eigenvalue weighted by Crippen LogP contribution is -2.50. The van der Waals surface area contributed by atoms with Crippen LogP contribution in [0.15, 0.2) is 216 Å². The number of aliphatic hydroxyl groups is 1. The Balaban J connectivity index is 0.000000182. The molecule has 22 nitrogen and oxygen atoms in total. The number of esters is 2. The molecule has 13 aromatic rings. The van der Waals surface area contributed by atoms with E-state index >= 15 is 8.78 Å². The van der Waals surface area contributed by atoms with Crippen LogP contribution in [0.25, 0.3) is 54.8 Å². The number of likely N-dealkylation sites (tertiary alicyclic amines) is 1. The van der Waals surface area contributed by atoms with Crippen LogP contribution in [-0.2, 0) is 55.9 Å². The molecule has 632 valence electrons. The molecule has 1 saturated heterocycles. The van der Waals surface area contributed by atoms with Crippen molar-refractivity contribution in [1.29, 1.82) is 0 Å². The highest BCUT2D eigenvalue weighted by Crippen LogP contribution is 2.39. The zero-order valence-electron chi connectivity index (χ0n) is 66.8. The number of alkyl halides is 6. The summed E-state index contributed by atoms with van der Waals surface area (Å²) in [5, 5.41) is 34.2. The van der Waals surface area contributed by atoms with E-state index < -0.39 is 76.8 Å². The molecular weight excluding hydrogens is 1550 g/mol. The lowest BCUT2D eigenvalue weighted by Gasteiger charge is -2.30. The number of carbonyl (C=O) groups is 5. The lowest BCUT2D eigenvalue weighted by atomic mass is 10.00. The molecule has 15 rings (SSSR count). The number of carboxylic acids is 1. The van der Waals surface area contributed by atoms with Gasteiger partial charge in [0.1, 0.15) is 65.3 Å². The number of fused-ring (bicyclic) bond motifs is 6. The molecule has 0 spiro atoms. The number of hydrogen-bond donors (Lipinski definition) is 4. The van der Waals surface area contributed by atoms with E-state index in [9.17, 15) is 46.6 Å². The minimum atomic E-state index is -3.99. The number of halogens is 6. The summed E-state index contributed by atoms with van der Waals surface area (Å²) in [6.45, 7) is 19.7. The van der Waals surface area contributed by atoms with Gasteiger partial charge in [0.2, 0.25) is 0 Å². The van der Waals surface area contributed by atoms with Crippen LogP contribution in [0, 0.1) is 48.5 Å². The third kappa shape index (κ3) is 25.1. The van der Waals surface area contributed by atoms with Crippen molar-refractivity contribution in [2.24, 2.45) is 0 Å². The first-order valence-electron chi connectivity index (χ1n) is 37.5. The molecule has 1 amide bonds. The van der Waals surface area contributed by atoms with Crippen LogP contribution in [0.4, 0.5) is 26.3 Å². The normalized spacial score (nSPS) is 12.9. The summed E-state index contributed by atoms with van der Waals surface area (Å²) in [6, 6.07) is 52.6. The molecule has 2 aliphatic rings. The second-order valence-electron chi connectivity index (χ2n) is 27.7. The van der Waals surface area contributed by atoms with Crippen molar-refractivity contribution in [1.82, 2.24) is 10.2 Å². The highest BCUT2D eigenvalue weighted by atomic mass is 19.3. The summed E-state index contributed by atoms with van der Waals surface area (Å²) >= 11 is 0. The van der Waals surface area contributed by atoms with Crippen molar-refractivity contribution in [2.45, 2.75) is 119 Å². The largest absolute Gasteiger partial charge is 0.508 e. The molecule has 8 aromatic carbocycles. The Labute approximate surface area is 683 Å². The number of nitrogens with zero attached hydrogens (tertiary/aromatic N) is 1. The molecule has 0 aliphatic carbocycles. The fourth-order valence-electron chi connectivity index (χ4n) is 11.9. The second kappa shape index (κ2) is 42.2. The Morgan fingerprint density at radius 2 is 0.933 bits per heavy atom. The number of furan rings is 5. The molecule has 2 aliphatic heterocycles. The number of Topliss-reactive ketones (excluding diaryl/α,β-unsaturated/α-hetero) is 1. The van der Waals surface area contributed by atoms with Crippen LogP contribution in [0.1, 0.15) is 113 Å². The van der Waals surface area contributed by atoms with E-state index in [1.54, 1.807) is 125 Å². The number of aryl methyl sites for hydroxylation is 7. The quantitative estimate of drug-likeness (QED) is 0.0181. The topological polar surface area (TPSA) is 292 Å². The SMILES string of the molecule is C.CCOC(=O)C(=O)c1cc2cc(C)ccc2o1.CCOC(=O)C(F)(F)c1cc2cc(C)ccc2o1.COC(COc1ccc(C)cc1)OC.Cc1ccc(O)cc1.Cc1ccc2oc(C(F)(F)C(=O)N[C@H](CN3CCCC3)[C@H](O)c3ccc4c(c3)OCCO4)cc2c1.Cc1ccc2oc(C(F)(F)C(=O)O)cc2c1.Cc1ccc2occc2c1. The molecule has 7 heterocycles. The number of phenols is 1. The molecule has 0 unspecified atom stereocenters. The number of phenolic OH excluding ortho intramolecular Hbond substituents is 1. The van der Waals surface area contributed by atoms with E-state index in [1.165, 1.54) is 47.2 Å². The molecule has 5 aromatic heterocycles. The number of ether oxygens (including phenoxy) is 7. The smallest absolute Gasteiger partial charge is 0.399 e. The predicted molar refractivity (Wildman–Crippen MR) is 436 cm³/mol. The molecule has 2 atom stereocenters. The van der Waals surface area contributed by atoms with Gasteiger partial charge >= 0.3 is 41.5 Å². The van der Waals surface area contributed by atoms with Crippen molar-refractivity contribution in [2.75, 3.05) is 66.9 Å². The maximum absolute atomic E-state index is 15.2. The Morgan fingerprint density at radius 1 is 0.496 bits per heavy atom. The number of aliphatic carboxylic acids is 1. The maximum atomic E-state index is 15.2. The first kappa shape index (κ1) is 92.1. The van der Waals surface area contributed by atoms with Crippen LogP contribution >= 0.6 is 0 Å². The van der Waals surface area contributed by atoms with Crippen molar-refractivity contribution < 1.29 is 121 Å². The van der Waals surface area contributed by atoms with E-state index in [1.807, 2.05) is 106 Å². The monoisotopic (exact) mass is 1650 g/mol. The van der Waals surface area contributed by atoms with Gasteiger partial charge in [-0.3, -0.25) is 9.59 Å². The number of carboxylic acid groups (broad SMARTS) is 1. The first-order valence-corrected chi connectivity index (χ1v) is 37.5. The van der Waals surface area contributed by atoms with Gasteiger partial charge in [-0.1, -0.05) is 107 Å². The van der Waals surface area contributed by atoms with E-state index in [0.29, 0.717) is 70.0 Å². The number of hydrogen-bond acceptors (Lipinski definition) is 20. The number of aliphatic hydroxyl groups excluding tert-OH is 1. The summed E-state index contributed by atoms with van der Waals surface area (Å²) in [5.41, 5.74) is 10.3. The number of amides is 1. The fraction of sp³-hybridized carbons (Fsp3) is 0.308. The number of ketones is 1. The fourth-order valence-corrected chi connectivity index (χ4v) is 11.9. The molecule has 28 heteroatoms. The average Bonchev–Trinajstić information content (AvgIpc) is 1.65. The highest BCUT2D eigenvalue weighted by Gasteiger charge is 2.48. The van der Waals surface area contributed by atoms with Crippen LogP contribution < -0.4 is 19.5 Å². The second-order valence-corrected chi connectivity index (χ2v) is 27.7. The minimum absolute atomic E-state index is 0. The Morgan fingerprint density at radius 3 is 1.41 bits per heavy atom. The first-order chi connectivity index (χ1) is 56.2. The summed E-state index contributed by atoms with van der Waals surface area (Å²) in [4.78, 5) is 59.3. The predicted octanol–water partition coefficient (Wildman–Crippen LogP) is 19.8. The zero-order valence-corrected chi connectivity index (χ0v) is 66.8. The molecule has 1 fully saturated rings. The standard InChI is InChI=1S/C26H28F2N2O5.C13H12F2O3.C13H12O4.C11H8F2O3.C11H16O3.C9H8O.C7H8O.CH4/c1-16-4-6-20-18(12-16)14-23(35-20)26(27,28)25(32)29-19(15-30-8-2-3-9-30)24(31)17-5-7-21-22(13-17)34-11-10-33-21;1-3-17-12(16)13(14,15)11-7-9-6-8(2)4-5-10(9)18-11;1-3-16-13(15)12(14)11-7-9-6-8(2)4-5-10(9)17-11;1-6-2-3-8-7(4-6)5-9(16-8)11(12,13)10(14)15;1-9-4-6-10(7-5-9)14-8-11(12-2)13-3;1-7-2-3-9-8(6-7)4-5-10-9;1-6-2-4-7(8)5-3-6;/h4-7,12-14,19,24,31H,2-3,8-11,15H2,1H3,(H,29,32);4-7H,3H2,1-2H3;4-7H,3H2,1-2H3;2-5H,1H3,(H,14,15);4-7,11H,8H2,1-3H3;2-6H,1H3;2-5,8H,1H3;1H4/t19-,24-;;;;;;;/m1......./s1. The zero-order chi connectivity index (χ0) is 85.6. The van der Waals surface area contributed by atoms with Crippen molar-refractivity contribution >= 4 is 84.4 Å². The summed E-state index contributed by atoms with van der Waals surface area (Å²) < 4.78 is 145. The molecule has 119 heavy (non-hydrogen) atoms. The molecule has 0 bridgehead atoms. The molecule has 0 saturated carbocycles. The van der Waals surface area contributed by atoms with Gasteiger partial charge in [-0.15, -0.1) is 0 Å². The van der Waals surface area contributed by atoms with E-state index in [2.05, 4.69) is 27.8 Å². The summed E-state index contributed by atoms with van der Waals surface area (Å²) in [6.07, 6.45) is 2.13. The van der Waals surface area contributed by atoms with E-state index in [4.69, 9.17) is 56.0 Å². The summed E-state index contributed by atoms with van der Waals surface area (Å²) in [7, 11) is 3.18. The van der Waals surface area contributed by atoms with Gasteiger partial charge in [0.05, 0.1) is 25.5 Å². The van der Waals surface area contributed by atoms with Crippen LogP contribution in [-0.4, -0.2) is 129 Å². The van der Waals surface area contributed by atoms with Crippen molar-refractivity contribution in [3.8, 4) is 23.0 Å². The molecule has 0 radical (unpaired) electrons. The minimum Gasteiger partial charge on any atom is -0.508 e.